The lowest BCUT2D eigenvalue weighted by atomic mass is 9.95. The van der Waals surface area contributed by atoms with Gasteiger partial charge in [0.1, 0.15) is 11.5 Å². The predicted molar refractivity (Wildman–Crippen MR) is 173 cm³/mol. The number of benzene rings is 6. The minimum atomic E-state index is 0.169. The zero-order valence-electron chi connectivity index (χ0n) is 22.8. The summed E-state index contributed by atoms with van der Waals surface area (Å²) in [6.45, 7) is 0. The van der Waals surface area contributed by atoms with E-state index in [9.17, 15) is 10.2 Å². The van der Waals surface area contributed by atoms with Crippen molar-refractivity contribution in [2.45, 2.75) is 0 Å². The van der Waals surface area contributed by atoms with Crippen LogP contribution in [0.3, 0.4) is 0 Å². The van der Waals surface area contributed by atoms with E-state index in [2.05, 4.69) is 60.7 Å². The van der Waals surface area contributed by atoms with Crippen molar-refractivity contribution in [3.05, 3.63) is 157 Å². The van der Waals surface area contributed by atoms with Gasteiger partial charge in [0.15, 0.2) is 0 Å². The molecule has 0 atom stereocenters. The highest BCUT2D eigenvalue weighted by Gasteiger charge is 2.13. The van der Waals surface area contributed by atoms with E-state index in [0.29, 0.717) is 11.1 Å². The average molecular weight is 545 g/mol. The molecule has 4 heteroatoms. The van der Waals surface area contributed by atoms with E-state index in [-0.39, 0.29) is 11.5 Å². The van der Waals surface area contributed by atoms with E-state index in [4.69, 9.17) is 9.98 Å². The molecule has 0 aliphatic heterocycles. The van der Waals surface area contributed by atoms with Gasteiger partial charge >= 0.3 is 0 Å². The molecule has 0 amide bonds. The van der Waals surface area contributed by atoms with E-state index in [1.807, 2.05) is 60.7 Å². The first kappa shape index (κ1) is 26.5. The Morgan fingerprint density at radius 2 is 0.762 bits per heavy atom. The van der Waals surface area contributed by atoms with Gasteiger partial charge in [0.05, 0.1) is 11.4 Å². The zero-order chi connectivity index (χ0) is 28.7. The molecule has 0 aromatic heterocycles. The second-order valence-corrected chi connectivity index (χ2v) is 9.83. The van der Waals surface area contributed by atoms with E-state index >= 15 is 0 Å². The lowest BCUT2D eigenvalue weighted by Gasteiger charge is -2.13. The highest BCUT2D eigenvalue weighted by atomic mass is 16.3. The molecule has 0 aliphatic rings. The molecule has 0 unspecified atom stereocenters. The maximum atomic E-state index is 10.4. The third kappa shape index (κ3) is 5.88. The van der Waals surface area contributed by atoms with Crippen LogP contribution in [0, 0.1) is 0 Å². The first-order valence-corrected chi connectivity index (χ1v) is 13.7. The van der Waals surface area contributed by atoms with Crippen molar-refractivity contribution < 1.29 is 10.2 Å². The van der Waals surface area contributed by atoms with E-state index in [1.165, 1.54) is 0 Å². The first-order chi connectivity index (χ1) is 20.7. The third-order valence-electron chi connectivity index (χ3n) is 7.06. The van der Waals surface area contributed by atoms with Crippen LogP contribution in [0.1, 0.15) is 11.1 Å². The molecule has 0 saturated carbocycles. The van der Waals surface area contributed by atoms with Crippen molar-refractivity contribution in [1.82, 2.24) is 0 Å². The molecule has 0 radical (unpaired) electrons. The first-order valence-electron chi connectivity index (χ1n) is 13.7. The van der Waals surface area contributed by atoms with Crippen molar-refractivity contribution in [2.75, 3.05) is 0 Å². The Morgan fingerprint density at radius 1 is 0.381 bits per heavy atom. The number of phenols is 2. The quantitative estimate of drug-likeness (QED) is 0.197. The van der Waals surface area contributed by atoms with Crippen molar-refractivity contribution in [3.8, 4) is 44.9 Å². The maximum Gasteiger partial charge on any atom is 0.124 e. The Balaban J connectivity index is 1.52. The molecular formula is C38H28N2O2. The van der Waals surface area contributed by atoms with Crippen LogP contribution in [-0.4, -0.2) is 22.6 Å². The summed E-state index contributed by atoms with van der Waals surface area (Å²) in [5.74, 6) is 0.337. The molecular weight excluding hydrogens is 516 g/mol. The number of nitrogens with zero attached hydrogens (tertiary/aromatic N) is 2. The van der Waals surface area contributed by atoms with Crippen molar-refractivity contribution in [1.29, 1.82) is 0 Å². The average Bonchev–Trinajstić information content (AvgIpc) is 3.05. The van der Waals surface area contributed by atoms with Crippen LogP contribution in [-0.2, 0) is 0 Å². The van der Waals surface area contributed by atoms with Gasteiger partial charge in [-0.1, -0.05) is 109 Å². The second kappa shape index (κ2) is 12.2. The minimum Gasteiger partial charge on any atom is -0.507 e. The van der Waals surface area contributed by atoms with Crippen LogP contribution < -0.4 is 0 Å². The molecule has 0 bridgehead atoms. The predicted octanol–water partition coefficient (Wildman–Crippen LogP) is 9.60. The van der Waals surface area contributed by atoms with Crippen LogP contribution in [0.15, 0.2) is 156 Å². The summed E-state index contributed by atoms with van der Waals surface area (Å²) in [6.07, 6.45) is 3.37. The maximum absolute atomic E-state index is 10.4. The summed E-state index contributed by atoms with van der Waals surface area (Å²) in [4.78, 5) is 9.75. The number of hydrogen-bond acceptors (Lipinski definition) is 4. The van der Waals surface area contributed by atoms with E-state index in [1.54, 1.807) is 36.7 Å². The molecule has 0 fully saturated rings. The van der Waals surface area contributed by atoms with Gasteiger partial charge < -0.3 is 10.2 Å². The molecule has 42 heavy (non-hydrogen) atoms. The minimum absolute atomic E-state index is 0.169. The zero-order valence-corrected chi connectivity index (χ0v) is 22.8. The molecule has 6 aromatic rings. The van der Waals surface area contributed by atoms with E-state index in [0.717, 1.165) is 44.8 Å². The molecule has 0 heterocycles. The third-order valence-corrected chi connectivity index (χ3v) is 7.06. The number of rotatable bonds is 7. The summed E-state index contributed by atoms with van der Waals surface area (Å²) in [7, 11) is 0. The smallest absolute Gasteiger partial charge is 0.124 e. The topological polar surface area (TPSA) is 65.2 Å². The van der Waals surface area contributed by atoms with Gasteiger partial charge in [0.25, 0.3) is 0 Å². The Hall–Kier alpha value is -5.74. The standard InChI is InChI=1S/C38H28N2O2/c41-37-17-9-7-15-31(37)25-39-35-23-29(27-11-3-1-4-12-27)19-21-33(35)34-22-20-30(28-13-5-2-6-14-28)24-36(34)40-26-32-16-8-10-18-38(32)42/h1-26,41-42H. The van der Waals surface area contributed by atoms with Crippen LogP contribution in [0.25, 0.3) is 33.4 Å². The Bertz CT molecular complexity index is 1750. The molecule has 0 saturated heterocycles. The number of hydrogen-bond donors (Lipinski definition) is 2. The lowest BCUT2D eigenvalue weighted by Crippen LogP contribution is -1.88. The molecule has 0 spiro atoms. The summed E-state index contributed by atoms with van der Waals surface area (Å²) in [5.41, 5.74) is 8.76. The molecule has 2 N–H and O–H groups in total. The van der Waals surface area contributed by atoms with Crippen molar-refractivity contribution in [2.24, 2.45) is 9.98 Å². The van der Waals surface area contributed by atoms with Gasteiger partial charge in [-0.25, -0.2) is 0 Å². The molecule has 6 aromatic carbocycles. The van der Waals surface area contributed by atoms with Crippen molar-refractivity contribution >= 4 is 23.8 Å². The molecule has 6 rings (SSSR count). The van der Waals surface area contributed by atoms with Gasteiger partial charge in [-0.2, -0.15) is 0 Å². The lowest BCUT2D eigenvalue weighted by molar-refractivity contribution is 0.474. The van der Waals surface area contributed by atoms with E-state index < -0.39 is 0 Å². The second-order valence-electron chi connectivity index (χ2n) is 9.83. The van der Waals surface area contributed by atoms with Gasteiger partial charge in [0.2, 0.25) is 0 Å². The summed E-state index contributed by atoms with van der Waals surface area (Å²) < 4.78 is 0. The fourth-order valence-electron chi connectivity index (χ4n) is 4.82. The fraction of sp³-hybridized carbons (Fsp3) is 0. The molecule has 4 nitrogen and oxygen atoms in total. The molecule has 0 aliphatic carbocycles. The highest BCUT2D eigenvalue weighted by molar-refractivity contribution is 5.94. The van der Waals surface area contributed by atoms with Gasteiger partial charge in [-0.15, -0.1) is 0 Å². The SMILES string of the molecule is Oc1ccccc1C=Nc1cc(-c2ccccc2)ccc1-c1ccc(-c2ccccc2)cc1N=Cc1ccccc1O. The monoisotopic (exact) mass is 544 g/mol. The van der Waals surface area contributed by atoms with Gasteiger partial charge in [-0.05, 0) is 58.7 Å². The van der Waals surface area contributed by atoms with Crippen LogP contribution in [0.4, 0.5) is 11.4 Å². The van der Waals surface area contributed by atoms with Gasteiger partial charge in [-0.3, -0.25) is 9.98 Å². The van der Waals surface area contributed by atoms with Crippen molar-refractivity contribution in [3.63, 3.8) is 0 Å². The van der Waals surface area contributed by atoms with Crippen LogP contribution >= 0.6 is 0 Å². The largest absolute Gasteiger partial charge is 0.507 e. The van der Waals surface area contributed by atoms with Gasteiger partial charge in [0, 0.05) is 34.7 Å². The highest BCUT2D eigenvalue weighted by Crippen LogP contribution is 2.41. The summed E-state index contributed by atoms with van der Waals surface area (Å²) in [6, 6.07) is 47.1. The number of aromatic hydroxyl groups is 2. The summed E-state index contributed by atoms with van der Waals surface area (Å²) >= 11 is 0. The number of para-hydroxylation sites is 2. The Kier molecular flexibility index (Phi) is 7.69. The number of aliphatic imine (C=N–C) groups is 2. The van der Waals surface area contributed by atoms with Crippen LogP contribution in [0.2, 0.25) is 0 Å². The Labute approximate surface area is 245 Å². The normalized spacial score (nSPS) is 11.3. The fourth-order valence-corrected chi connectivity index (χ4v) is 4.82. The summed E-state index contributed by atoms with van der Waals surface area (Å²) in [5, 5.41) is 20.7. The number of phenolic OH excluding ortho intramolecular Hbond substituents is 2. The Morgan fingerprint density at radius 3 is 1.17 bits per heavy atom. The molecule has 202 valence electrons. The van der Waals surface area contributed by atoms with Crippen LogP contribution in [0.5, 0.6) is 11.5 Å².